The molecule has 0 atom stereocenters. The van der Waals surface area contributed by atoms with Gasteiger partial charge >= 0.3 is 24.2 Å². The van der Waals surface area contributed by atoms with Gasteiger partial charge in [-0.1, -0.05) is 32.3 Å². The first kappa shape index (κ1) is 19.5. The van der Waals surface area contributed by atoms with E-state index >= 15 is 0 Å². The van der Waals surface area contributed by atoms with Crippen molar-refractivity contribution in [3.8, 4) is 0 Å². The molecule has 2 rings (SSSR count). The molecule has 0 N–H and O–H groups in total. The van der Waals surface area contributed by atoms with E-state index in [9.17, 15) is 0 Å². The summed E-state index contributed by atoms with van der Waals surface area (Å²) < 4.78 is 12.4. The summed E-state index contributed by atoms with van der Waals surface area (Å²) in [6.07, 6.45) is 3.50. The first-order valence-electron chi connectivity index (χ1n) is 7.58. The third kappa shape index (κ3) is 4.05. The van der Waals surface area contributed by atoms with Crippen molar-refractivity contribution in [2.24, 2.45) is 5.41 Å². The first-order chi connectivity index (χ1) is 9.53. The number of rotatable bonds is 2. The number of hydrogen-bond donors (Lipinski definition) is 0. The van der Waals surface area contributed by atoms with Crippen LogP contribution in [0, 0.1) is 11.5 Å². The van der Waals surface area contributed by atoms with Crippen molar-refractivity contribution in [1.82, 2.24) is 0 Å². The van der Waals surface area contributed by atoms with Crippen LogP contribution >= 0.6 is 0 Å². The minimum Gasteiger partial charge on any atom is -0.400 e. The molecule has 0 aromatic heterocycles. The van der Waals surface area contributed by atoms with Gasteiger partial charge in [0.05, 0.1) is 11.2 Å². The number of hydrogen-bond acceptors (Lipinski definition) is 2. The minimum absolute atomic E-state index is 0. The van der Waals surface area contributed by atoms with Gasteiger partial charge in [-0.15, -0.1) is 12.1 Å². The van der Waals surface area contributed by atoms with Crippen LogP contribution in [-0.4, -0.2) is 18.3 Å². The van der Waals surface area contributed by atoms with Gasteiger partial charge in [0.1, 0.15) is 0 Å². The Labute approximate surface area is 146 Å². The molecule has 1 aliphatic heterocycles. The van der Waals surface area contributed by atoms with E-state index in [1.807, 2.05) is 18.2 Å². The van der Waals surface area contributed by atoms with Gasteiger partial charge in [-0.25, -0.2) is 0 Å². The van der Waals surface area contributed by atoms with E-state index in [0.717, 1.165) is 11.0 Å². The molecular weight excluding hydrogens is 323 g/mol. The van der Waals surface area contributed by atoms with E-state index in [4.69, 9.17) is 9.31 Å². The molecular formula is C18H26BCuO2. The molecule has 1 saturated heterocycles. The average Bonchev–Trinajstić information content (AvgIpc) is 2.55. The van der Waals surface area contributed by atoms with Crippen LogP contribution in [0.2, 0.25) is 0 Å². The molecule has 2 nitrogen and oxygen atoms in total. The Balaban J connectivity index is 0.00000242. The smallest absolute Gasteiger partial charge is 0.400 e. The third-order valence-electron chi connectivity index (χ3n) is 4.35. The predicted octanol–water partition coefficient (Wildman–Crippen LogP) is 4.44. The summed E-state index contributed by atoms with van der Waals surface area (Å²) in [5.41, 5.74) is 1.38. The predicted molar refractivity (Wildman–Crippen MR) is 87.8 cm³/mol. The maximum absolute atomic E-state index is 6.20. The number of benzene rings is 1. The van der Waals surface area contributed by atoms with Gasteiger partial charge in [-0.05, 0) is 33.1 Å². The molecule has 4 heteroatoms. The molecule has 0 unspecified atom stereocenters. The van der Waals surface area contributed by atoms with Crippen molar-refractivity contribution in [3.05, 3.63) is 47.4 Å². The quantitative estimate of drug-likeness (QED) is 0.581. The molecule has 0 spiro atoms. The molecule has 22 heavy (non-hydrogen) atoms. The van der Waals surface area contributed by atoms with Crippen LogP contribution in [0.15, 0.2) is 35.8 Å². The van der Waals surface area contributed by atoms with Gasteiger partial charge in [-0.3, -0.25) is 0 Å². The Morgan fingerprint density at radius 3 is 1.82 bits per heavy atom. The zero-order chi connectivity index (χ0) is 15.9. The summed E-state index contributed by atoms with van der Waals surface area (Å²) in [6, 6.07) is 10.2. The summed E-state index contributed by atoms with van der Waals surface area (Å²) in [7, 11) is -0.352. The standard InChI is InChI=1S/C18H26BO2.Cu/c1-16(2,3)15(13-14-11-9-8-10-12-14)19-20-17(4,5)18(6,7)21-19;/h8-12H,1-7H3;/q-1;+1. The molecule has 0 aliphatic carbocycles. The van der Waals surface area contributed by atoms with Gasteiger partial charge in [0.2, 0.25) is 0 Å². The molecule has 1 aromatic carbocycles. The summed E-state index contributed by atoms with van der Waals surface area (Å²) in [5, 5.41) is 0. The summed E-state index contributed by atoms with van der Waals surface area (Å²) >= 11 is 0. The molecule has 1 heterocycles. The van der Waals surface area contributed by atoms with Crippen LogP contribution in [0.5, 0.6) is 0 Å². The van der Waals surface area contributed by atoms with Crippen LogP contribution in [-0.2, 0) is 26.4 Å². The van der Waals surface area contributed by atoms with Gasteiger partial charge in [-0.2, -0.15) is 23.8 Å². The molecule has 0 amide bonds. The SMILES string of the molecule is CC(C)(C)C(=[C-]c1ccccc1)B1OC(C)(C)C(C)(C)O1.[Cu+]. The van der Waals surface area contributed by atoms with Crippen molar-refractivity contribution in [2.75, 3.05) is 0 Å². The minimum atomic E-state index is -0.352. The fourth-order valence-corrected chi connectivity index (χ4v) is 2.24. The van der Waals surface area contributed by atoms with E-state index in [2.05, 4.69) is 66.7 Å². The second-order valence-electron chi connectivity index (χ2n) is 7.74. The number of allylic oxidation sites excluding steroid dienone is 1. The maximum atomic E-state index is 6.20. The molecule has 1 aromatic rings. The molecule has 1 aliphatic rings. The zero-order valence-electron chi connectivity index (χ0n) is 14.6. The monoisotopic (exact) mass is 348 g/mol. The Bertz CT molecular complexity index is 514. The van der Waals surface area contributed by atoms with E-state index in [1.54, 1.807) is 0 Å². The third-order valence-corrected chi connectivity index (χ3v) is 4.35. The summed E-state index contributed by atoms with van der Waals surface area (Å²) in [6.45, 7) is 14.8. The van der Waals surface area contributed by atoms with Crippen LogP contribution in [0.4, 0.5) is 0 Å². The summed E-state index contributed by atoms with van der Waals surface area (Å²) in [5.74, 6) is 0. The van der Waals surface area contributed by atoms with Crippen molar-refractivity contribution < 1.29 is 26.4 Å². The van der Waals surface area contributed by atoms with Crippen LogP contribution < -0.4 is 0 Å². The largest absolute Gasteiger partial charge is 1.00 e. The Morgan fingerprint density at radius 1 is 0.955 bits per heavy atom. The molecule has 0 saturated carbocycles. The van der Waals surface area contributed by atoms with Gasteiger partial charge in [0.25, 0.3) is 0 Å². The van der Waals surface area contributed by atoms with Crippen molar-refractivity contribution in [2.45, 2.75) is 59.7 Å². The van der Waals surface area contributed by atoms with E-state index in [1.165, 1.54) is 0 Å². The van der Waals surface area contributed by atoms with Crippen LogP contribution in [0.3, 0.4) is 0 Å². The molecule has 0 bridgehead atoms. The Morgan fingerprint density at radius 2 is 1.41 bits per heavy atom. The zero-order valence-corrected chi connectivity index (χ0v) is 15.5. The second-order valence-corrected chi connectivity index (χ2v) is 7.74. The van der Waals surface area contributed by atoms with E-state index < -0.39 is 0 Å². The van der Waals surface area contributed by atoms with Crippen LogP contribution in [0.1, 0.15) is 54.0 Å². The molecule has 124 valence electrons. The van der Waals surface area contributed by atoms with Crippen molar-refractivity contribution in [3.63, 3.8) is 0 Å². The Hall–Kier alpha value is -0.536. The fraction of sp³-hybridized carbons (Fsp3) is 0.556. The Kier molecular flexibility index (Phi) is 5.79. The maximum Gasteiger partial charge on any atom is 1.00 e. The average molecular weight is 349 g/mol. The van der Waals surface area contributed by atoms with E-state index in [-0.39, 0.29) is 40.8 Å². The van der Waals surface area contributed by atoms with Gasteiger partial charge < -0.3 is 9.31 Å². The topological polar surface area (TPSA) is 18.5 Å². The first-order valence-corrected chi connectivity index (χ1v) is 7.58. The van der Waals surface area contributed by atoms with Gasteiger partial charge in [0.15, 0.2) is 0 Å². The van der Waals surface area contributed by atoms with E-state index in [0.29, 0.717) is 0 Å². The van der Waals surface area contributed by atoms with Crippen molar-refractivity contribution in [1.29, 1.82) is 0 Å². The van der Waals surface area contributed by atoms with Gasteiger partial charge in [0, 0.05) is 0 Å². The normalized spacial score (nSPS) is 20.7. The summed E-state index contributed by atoms with van der Waals surface area (Å²) in [4.78, 5) is 0. The van der Waals surface area contributed by atoms with Crippen molar-refractivity contribution >= 4 is 7.12 Å². The second kappa shape index (κ2) is 6.53. The molecule has 0 radical (unpaired) electrons. The van der Waals surface area contributed by atoms with Crippen LogP contribution in [0.25, 0.3) is 0 Å². The fourth-order valence-electron chi connectivity index (χ4n) is 2.24. The molecule has 1 fully saturated rings.